The van der Waals surface area contributed by atoms with Crippen LogP contribution in [0.15, 0.2) is 42.5 Å². The second-order valence-corrected chi connectivity index (χ2v) is 8.59. The van der Waals surface area contributed by atoms with Crippen LogP contribution in [0.3, 0.4) is 0 Å². The molecule has 1 amide bonds. The maximum Gasteiger partial charge on any atom is 0.289 e. The van der Waals surface area contributed by atoms with E-state index in [1.54, 1.807) is 12.0 Å². The Bertz CT molecular complexity index is 1100. The molecule has 0 aliphatic rings. The van der Waals surface area contributed by atoms with Crippen LogP contribution in [-0.2, 0) is 0 Å². The predicted octanol–water partition coefficient (Wildman–Crippen LogP) is 4.12. The Morgan fingerprint density at radius 2 is 1.79 bits per heavy atom. The van der Waals surface area contributed by atoms with Gasteiger partial charge < -0.3 is 9.64 Å². The minimum atomic E-state index is -0.124. The second-order valence-electron chi connectivity index (χ2n) is 6.55. The summed E-state index contributed by atoms with van der Waals surface area (Å²) in [6.07, 6.45) is 0. The Morgan fingerprint density at radius 3 is 2.54 bits per heavy atom. The van der Waals surface area contributed by atoms with Crippen LogP contribution < -0.4 is 9.64 Å². The Labute approximate surface area is 171 Å². The summed E-state index contributed by atoms with van der Waals surface area (Å²) in [4.78, 5) is 26.4. The zero-order chi connectivity index (χ0) is 19.7. The summed E-state index contributed by atoms with van der Waals surface area (Å²) in [5.74, 6) is 0.584. The quantitative estimate of drug-likeness (QED) is 0.477. The molecule has 0 atom stereocenters. The van der Waals surface area contributed by atoms with Crippen LogP contribution in [0, 0.1) is 0 Å². The maximum atomic E-state index is 13.3. The summed E-state index contributed by atoms with van der Waals surface area (Å²) in [6.45, 7) is 1.26. The summed E-state index contributed by atoms with van der Waals surface area (Å²) in [7, 11) is 5.60. The van der Waals surface area contributed by atoms with Gasteiger partial charge in [0.1, 0.15) is 11.3 Å². The van der Waals surface area contributed by atoms with Crippen molar-refractivity contribution >= 4 is 54.1 Å². The molecule has 4 rings (SSSR count). The first kappa shape index (κ1) is 18.8. The van der Waals surface area contributed by atoms with Gasteiger partial charge in [-0.15, -0.1) is 11.3 Å². The number of anilines is 1. The number of carbonyl (C=O) groups is 1. The zero-order valence-corrected chi connectivity index (χ0v) is 17.5. The Hall–Kier alpha value is -2.55. The highest BCUT2D eigenvalue weighted by Gasteiger charge is 2.25. The maximum absolute atomic E-state index is 13.3. The highest BCUT2D eigenvalue weighted by atomic mass is 32.1. The molecule has 0 unspecified atom stereocenters. The SMILES string of the molecule is COc1cccc2sc(N(CCN(C)C)C(=O)c3nc4ccccc4s3)nc12. The second kappa shape index (κ2) is 7.83. The number of hydrogen-bond donors (Lipinski definition) is 0. The molecule has 0 N–H and O–H groups in total. The lowest BCUT2D eigenvalue weighted by atomic mass is 10.3. The van der Waals surface area contributed by atoms with Gasteiger partial charge in [0, 0.05) is 13.1 Å². The van der Waals surface area contributed by atoms with Gasteiger partial charge in [0.25, 0.3) is 5.91 Å². The third-order valence-electron chi connectivity index (χ3n) is 4.31. The summed E-state index contributed by atoms with van der Waals surface area (Å²) < 4.78 is 7.42. The molecule has 0 spiro atoms. The van der Waals surface area contributed by atoms with Crippen molar-refractivity contribution < 1.29 is 9.53 Å². The number of hydrogen-bond acceptors (Lipinski definition) is 7. The first-order valence-electron chi connectivity index (χ1n) is 8.82. The average Bonchev–Trinajstić information content (AvgIpc) is 3.31. The fourth-order valence-corrected chi connectivity index (χ4v) is 4.78. The number of nitrogens with zero attached hydrogens (tertiary/aromatic N) is 4. The molecule has 0 saturated carbocycles. The van der Waals surface area contributed by atoms with Crippen molar-refractivity contribution in [3.63, 3.8) is 0 Å². The summed E-state index contributed by atoms with van der Waals surface area (Å²) >= 11 is 2.90. The van der Waals surface area contributed by atoms with E-state index >= 15 is 0 Å². The third-order valence-corrected chi connectivity index (χ3v) is 6.38. The Morgan fingerprint density at radius 1 is 1.00 bits per heavy atom. The topological polar surface area (TPSA) is 58.6 Å². The van der Waals surface area contributed by atoms with Gasteiger partial charge in [0.05, 0.1) is 22.0 Å². The predicted molar refractivity (Wildman–Crippen MR) is 116 cm³/mol. The van der Waals surface area contributed by atoms with Crippen LogP contribution in [-0.4, -0.2) is 55.1 Å². The van der Waals surface area contributed by atoms with Gasteiger partial charge in [-0.1, -0.05) is 29.5 Å². The molecule has 0 aliphatic heterocycles. The van der Waals surface area contributed by atoms with E-state index in [2.05, 4.69) is 4.98 Å². The Balaban J connectivity index is 1.75. The van der Waals surface area contributed by atoms with Gasteiger partial charge in [-0.3, -0.25) is 9.69 Å². The smallest absolute Gasteiger partial charge is 0.289 e. The van der Waals surface area contributed by atoms with E-state index < -0.39 is 0 Å². The van der Waals surface area contributed by atoms with E-state index in [4.69, 9.17) is 9.72 Å². The summed E-state index contributed by atoms with van der Waals surface area (Å²) in [5.41, 5.74) is 1.62. The molecule has 2 aromatic carbocycles. The van der Waals surface area contributed by atoms with E-state index in [1.165, 1.54) is 22.7 Å². The molecule has 0 radical (unpaired) electrons. The molecule has 2 aromatic heterocycles. The number of likely N-dealkylation sites (N-methyl/N-ethyl adjacent to an activating group) is 1. The van der Waals surface area contributed by atoms with Crippen LogP contribution in [0.25, 0.3) is 20.4 Å². The van der Waals surface area contributed by atoms with Crippen LogP contribution in [0.5, 0.6) is 5.75 Å². The molecule has 0 bridgehead atoms. The van der Waals surface area contributed by atoms with Crippen LogP contribution in [0.4, 0.5) is 5.13 Å². The molecular formula is C20H20N4O2S2. The summed E-state index contributed by atoms with van der Waals surface area (Å²) in [5, 5.41) is 1.14. The molecule has 28 heavy (non-hydrogen) atoms. The number of aromatic nitrogens is 2. The van der Waals surface area contributed by atoms with Crippen molar-refractivity contribution in [1.29, 1.82) is 0 Å². The van der Waals surface area contributed by atoms with Crippen molar-refractivity contribution in [2.24, 2.45) is 0 Å². The lowest BCUT2D eigenvalue weighted by Crippen LogP contribution is -2.36. The van der Waals surface area contributed by atoms with Crippen LogP contribution >= 0.6 is 22.7 Å². The van der Waals surface area contributed by atoms with Crippen molar-refractivity contribution in [2.75, 3.05) is 39.2 Å². The molecule has 144 valence electrons. The van der Waals surface area contributed by atoms with E-state index in [1.807, 2.05) is 61.5 Å². The number of methoxy groups -OCH3 is 1. The monoisotopic (exact) mass is 412 g/mol. The third kappa shape index (κ3) is 3.58. The minimum Gasteiger partial charge on any atom is -0.494 e. The van der Waals surface area contributed by atoms with E-state index in [0.717, 1.165) is 27.0 Å². The first-order valence-corrected chi connectivity index (χ1v) is 10.5. The molecule has 0 aliphatic carbocycles. The zero-order valence-electron chi connectivity index (χ0n) is 15.9. The standard InChI is InChI=1S/C20H20N4O2S2/c1-23(2)11-12-24(19(25)18-21-13-7-4-5-9-15(13)27-18)20-22-17-14(26-3)8-6-10-16(17)28-20/h4-10H,11-12H2,1-3H3. The molecule has 6 nitrogen and oxygen atoms in total. The largest absolute Gasteiger partial charge is 0.494 e. The molecule has 0 fully saturated rings. The number of thiazole rings is 2. The van der Waals surface area contributed by atoms with Crippen molar-refractivity contribution in [3.8, 4) is 5.75 Å². The van der Waals surface area contributed by atoms with Crippen LogP contribution in [0.1, 0.15) is 9.80 Å². The fraction of sp³-hybridized carbons (Fsp3) is 0.250. The molecule has 8 heteroatoms. The number of para-hydroxylation sites is 2. The lowest BCUT2D eigenvalue weighted by Gasteiger charge is -2.20. The number of carbonyl (C=O) groups excluding carboxylic acids is 1. The van der Waals surface area contributed by atoms with Gasteiger partial charge in [0.2, 0.25) is 0 Å². The lowest BCUT2D eigenvalue weighted by molar-refractivity contribution is 0.0985. The van der Waals surface area contributed by atoms with Crippen molar-refractivity contribution in [3.05, 3.63) is 47.5 Å². The first-order chi connectivity index (χ1) is 13.6. The highest BCUT2D eigenvalue weighted by Crippen LogP contribution is 2.35. The summed E-state index contributed by atoms with van der Waals surface area (Å²) in [6, 6.07) is 13.6. The fourth-order valence-electron chi connectivity index (χ4n) is 2.85. The number of benzene rings is 2. The van der Waals surface area contributed by atoms with Crippen LogP contribution in [0.2, 0.25) is 0 Å². The number of fused-ring (bicyclic) bond motifs is 2. The van der Waals surface area contributed by atoms with Crippen molar-refractivity contribution in [1.82, 2.24) is 14.9 Å². The molecular weight excluding hydrogens is 392 g/mol. The average molecular weight is 413 g/mol. The van der Waals surface area contributed by atoms with E-state index in [0.29, 0.717) is 22.4 Å². The van der Waals surface area contributed by atoms with Gasteiger partial charge in [-0.2, -0.15) is 0 Å². The van der Waals surface area contributed by atoms with E-state index in [9.17, 15) is 4.79 Å². The molecule has 0 saturated heterocycles. The van der Waals surface area contributed by atoms with Crippen molar-refractivity contribution in [2.45, 2.75) is 0 Å². The molecule has 2 heterocycles. The number of amides is 1. The van der Waals surface area contributed by atoms with Gasteiger partial charge in [-0.05, 0) is 38.4 Å². The van der Waals surface area contributed by atoms with Gasteiger partial charge in [0.15, 0.2) is 10.1 Å². The Kier molecular flexibility index (Phi) is 5.25. The molecule has 4 aromatic rings. The van der Waals surface area contributed by atoms with E-state index in [-0.39, 0.29) is 5.91 Å². The number of ether oxygens (including phenoxy) is 1. The van der Waals surface area contributed by atoms with Gasteiger partial charge >= 0.3 is 0 Å². The minimum absolute atomic E-state index is 0.124. The van der Waals surface area contributed by atoms with Gasteiger partial charge in [-0.25, -0.2) is 9.97 Å². The normalized spacial score (nSPS) is 11.4. The number of rotatable bonds is 6. The highest BCUT2D eigenvalue weighted by molar-refractivity contribution is 7.23.